The van der Waals surface area contributed by atoms with E-state index in [4.69, 9.17) is 11.6 Å². The fourth-order valence-electron chi connectivity index (χ4n) is 2.83. The number of anilines is 1. The number of rotatable bonds is 4. The van der Waals surface area contributed by atoms with E-state index in [1.807, 2.05) is 0 Å². The summed E-state index contributed by atoms with van der Waals surface area (Å²) < 4.78 is 26.1. The number of amides is 1. The first kappa shape index (κ1) is 17.8. The van der Waals surface area contributed by atoms with Gasteiger partial charge in [0.2, 0.25) is 15.9 Å². The molecule has 0 bridgehead atoms. The zero-order chi connectivity index (χ0) is 18.0. The minimum Gasteiger partial charge on any atom is -0.324 e. The fourth-order valence-corrected chi connectivity index (χ4v) is 3.87. The molecule has 2 aromatic rings. The first-order valence-corrected chi connectivity index (χ1v) is 9.98. The highest BCUT2D eigenvalue weighted by Gasteiger charge is 2.29. The van der Waals surface area contributed by atoms with Crippen LogP contribution in [0.1, 0.15) is 12.8 Å². The molecule has 1 fully saturated rings. The van der Waals surface area contributed by atoms with Crippen molar-refractivity contribution >= 4 is 33.2 Å². The van der Waals surface area contributed by atoms with Gasteiger partial charge in [-0.1, -0.05) is 11.6 Å². The van der Waals surface area contributed by atoms with Crippen LogP contribution in [0.3, 0.4) is 0 Å². The first-order chi connectivity index (χ1) is 11.8. The summed E-state index contributed by atoms with van der Waals surface area (Å²) in [5, 5.41) is 7.45. The van der Waals surface area contributed by atoms with Gasteiger partial charge in [0, 0.05) is 24.0 Å². The third kappa shape index (κ3) is 4.17. The van der Waals surface area contributed by atoms with E-state index in [2.05, 4.69) is 15.4 Å². The number of aromatic nitrogens is 3. The number of nitrogens with zero attached hydrogens (tertiary/aromatic N) is 4. The molecule has 1 aromatic heterocycles. The van der Waals surface area contributed by atoms with E-state index in [1.165, 1.54) is 27.9 Å². The molecule has 10 heteroatoms. The van der Waals surface area contributed by atoms with Gasteiger partial charge in [0.1, 0.15) is 12.7 Å². The Balaban J connectivity index is 1.73. The van der Waals surface area contributed by atoms with Crippen LogP contribution in [0.5, 0.6) is 0 Å². The molecule has 134 valence electrons. The molecular weight excluding hydrogens is 366 g/mol. The van der Waals surface area contributed by atoms with Crippen LogP contribution in [0.4, 0.5) is 5.69 Å². The molecule has 1 aliphatic heterocycles. The van der Waals surface area contributed by atoms with Crippen molar-refractivity contribution < 1.29 is 13.2 Å². The Hall–Kier alpha value is -1.97. The Morgan fingerprint density at radius 1 is 1.32 bits per heavy atom. The summed E-state index contributed by atoms with van der Waals surface area (Å²) in [7, 11) is -3.21. The molecule has 8 nitrogen and oxygen atoms in total. The monoisotopic (exact) mass is 383 g/mol. The van der Waals surface area contributed by atoms with Crippen molar-refractivity contribution in [3.8, 4) is 5.69 Å². The third-order valence-corrected chi connectivity index (χ3v) is 5.71. The molecule has 1 aliphatic rings. The maximum absolute atomic E-state index is 12.6. The minimum atomic E-state index is -3.21. The molecule has 25 heavy (non-hydrogen) atoms. The average Bonchev–Trinajstić information content (AvgIpc) is 3.08. The number of hydrogen-bond acceptors (Lipinski definition) is 5. The van der Waals surface area contributed by atoms with E-state index >= 15 is 0 Å². The largest absolute Gasteiger partial charge is 0.324 e. The molecule has 0 spiro atoms. The number of carbonyl (C=O) groups is 1. The van der Waals surface area contributed by atoms with Gasteiger partial charge >= 0.3 is 0 Å². The molecule has 2 heterocycles. The van der Waals surface area contributed by atoms with Crippen molar-refractivity contribution in [2.45, 2.75) is 12.8 Å². The lowest BCUT2D eigenvalue weighted by atomic mass is 9.97. The molecule has 1 aromatic carbocycles. The average molecular weight is 384 g/mol. The number of halogens is 1. The Kier molecular flexibility index (Phi) is 5.07. The molecule has 1 saturated heterocycles. The van der Waals surface area contributed by atoms with Gasteiger partial charge in [-0.3, -0.25) is 4.79 Å². The Labute approximate surface area is 150 Å². The minimum absolute atomic E-state index is 0.156. The maximum Gasteiger partial charge on any atom is 0.227 e. The van der Waals surface area contributed by atoms with E-state index in [0.29, 0.717) is 42.3 Å². The van der Waals surface area contributed by atoms with Crippen molar-refractivity contribution in [1.29, 1.82) is 0 Å². The van der Waals surface area contributed by atoms with Crippen LogP contribution >= 0.6 is 11.6 Å². The molecule has 1 amide bonds. The summed E-state index contributed by atoms with van der Waals surface area (Å²) in [6.07, 6.45) is 5.09. The summed E-state index contributed by atoms with van der Waals surface area (Å²) in [4.78, 5) is 16.5. The highest BCUT2D eigenvalue weighted by Crippen LogP contribution is 2.26. The van der Waals surface area contributed by atoms with E-state index in [9.17, 15) is 13.2 Å². The summed E-state index contributed by atoms with van der Waals surface area (Å²) in [6, 6.07) is 5.11. The molecule has 0 saturated carbocycles. The van der Waals surface area contributed by atoms with Crippen LogP contribution in [0.2, 0.25) is 5.02 Å². The summed E-state index contributed by atoms with van der Waals surface area (Å²) in [6.45, 7) is 0.699. The lowest BCUT2D eigenvalue weighted by molar-refractivity contribution is -0.120. The van der Waals surface area contributed by atoms with Crippen LogP contribution in [-0.2, 0) is 14.8 Å². The normalized spacial score (nSPS) is 16.7. The van der Waals surface area contributed by atoms with Crippen molar-refractivity contribution in [3.05, 3.63) is 35.9 Å². The Morgan fingerprint density at radius 3 is 2.64 bits per heavy atom. The van der Waals surface area contributed by atoms with Gasteiger partial charge in [-0.25, -0.2) is 22.4 Å². The predicted molar refractivity (Wildman–Crippen MR) is 94.1 cm³/mol. The summed E-state index contributed by atoms with van der Waals surface area (Å²) >= 11 is 6.05. The van der Waals surface area contributed by atoms with Gasteiger partial charge in [0.05, 0.1) is 17.6 Å². The second kappa shape index (κ2) is 7.11. The van der Waals surface area contributed by atoms with Crippen LogP contribution < -0.4 is 5.32 Å². The SMILES string of the molecule is CS(=O)(=O)N1CCC(C(=O)Nc2cc(Cl)ccc2-n2cncn2)CC1. The van der Waals surface area contributed by atoms with Gasteiger partial charge in [-0.05, 0) is 31.0 Å². The Morgan fingerprint density at radius 2 is 2.04 bits per heavy atom. The standard InChI is InChI=1S/C15H18ClN5O3S/c1-25(23,24)20-6-4-11(5-7-20)15(22)19-13-8-12(16)2-3-14(13)21-10-17-9-18-21/h2-3,8-11H,4-7H2,1H3,(H,19,22). The molecule has 0 radical (unpaired) electrons. The Bertz CT molecular complexity index is 861. The van der Waals surface area contributed by atoms with Crippen molar-refractivity contribution in [3.63, 3.8) is 0 Å². The molecule has 1 N–H and O–H groups in total. The molecular formula is C15H18ClN5O3S. The molecule has 0 atom stereocenters. The zero-order valence-electron chi connectivity index (χ0n) is 13.6. The summed E-state index contributed by atoms with van der Waals surface area (Å²) in [5.41, 5.74) is 1.19. The quantitative estimate of drug-likeness (QED) is 0.863. The third-order valence-electron chi connectivity index (χ3n) is 4.18. The number of carbonyl (C=O) groups excluding carboxylic acids is 1. The topological polar surface area (TPSA) is 97.2 Å². The lowest BCUT2D eigenvalue weighted by Gasteiger charge is -2.29. The second-order valence-electron chi connectivity index (χ2n) is 5.93. The number of nitrogens with one attached hydrogen (secondary N) is 1. The first-order valence-electron chi connectivity index (χ1n) is 7.75. The number of sulfonamides is 1. The van der Waals surface area contributed by atoms with Crippen molar-refractivity contribution in [1.82, 2.24) is 19.1 Å². The maximum atomic E-state index is 12.6. The highest BCUT2D eigenvalue weighted by atomic mass is 35.5. The second-order valence-corrected chi connectivity index (χ2v) is 8.35. The van der Waals surface area contributed by atoms with Crippen molar-refractivity contribution in [2.75, 3.05) is 24.7 Å². The van der Waals surface area contributed by atoms with Gasteiger partial charge in [0.25, 0.3) is 0 Å². The van der Waals surface area contributed by atoms with E-state index in [-0.39, 0.29) is 11.8 Å². The highest BCUT2D eigenvalue weighted by molar-refractivity contribution is 7.88. The zero-order valence-corrected chi connectivity index (χ0v) is 15.2. The van der Waals surface area contributed by atoms with E-state index < -0.39 is 10.0 Å². The summed E-state index contributed by atoms with van der Waals surface area (Å²) in [5.74, 6) is -0.405. The number of piperidine rings is 1. The van der Waals surface area contributed by atoms with Gasteiger partial charge < -0.3 is 5.32 Å². The van der Waals surface area contributed by atoms with Crippen LogP contribution in [-0.4, -0.2) is 52.7 Å². The molecule has 0 aliphatic carbocycles. The van der Waals surface area contributed by atoms with Crippen molar-refractivity contribution in [2.24, 2.45) is 5.92 Å². The van der Waals surface area contributed by atoms with Gasteiger partial charge in [0.15, 0.2) is 0 Å². The smallest absolute Gasteiger partial charge is 0.227 e. The number of benzene rings is 1. The van der Waals surface area contributed by atoms with Crippen LogP contribution in [0.25, 0.3) is 5.69 Å². The van der Waals surface area contributed by atoms with E-state index in [1.54, 1.807) is 18.2 Å². The van der Waals surface area contributed by atoms with Crippen LogP contribution in [0, 0.1) is 5.92 Å². The molecule has 0 unspecified atom stereocenters. The van der Waals surface area contributed by atoms with E-state index in [0.717, 1.165) is 0 Å². The van der Waals surface area contributed by atoms with Gasteiger partial charge in [-0.15, -0.1) is 0 Å². The molecule has 3 rings (SSSR count). The van der Waals surface area contributed by atoms with Gasteiger partial charge in [-0.2, -0.15) is 5.10 Å². The van der Waals surface area contributed by atoms with Crippen LogP contribution in [0.15, 0.2) is 30.9 Å². The predicted octanol–water partition coefficient (Wildman–Crippen LogP) is 1.53. The number of hydrogen-bond donors (Lipinski definition) is 1. The lowest BCUT2D eigenvalue weighted by Crippen LogP contribution is -2.40. The fraction of sp³-hybridized carbons (Fsp3) is 0.400.